The Labute approximate surface area is 172 Å². The van der Waals surface area contributed by atoms with E-state index in [-0.39, 0.29) is 11.6 Å². The third-order valence-corrected chi connectivity index (χ3v) is 4.46. The first-order chi connectivity index (χ1) is 13.5. The third-order valence-electron chi connectivity index (χ3n) is 3.88. The predicted octanol–water partition coefficient (Wildman–Crippen LogP) is 6.52. The van der Waals surface area contributed by atoms with Gasteiger partial charge in [-0.1, -0.05) is 29.3 Å². The van der Waals surface area contributed by atoms with Crippen molar-refractivity contribution < 1.29 is 13.9 Å². The van der Waals surface area contributed by atoms with E-state index in [1.165, 1.54) is 24.4 Å². The molecule has 28 heavy (non-hydrogen) atoms. The molecule has 3 aromatic carbocycles. The van der Waals surface area contributed by atoms with Crippen LogP contribution in [-0.2, 0) is 6.61 Å². The molecule has 0 spiro atoms. The van der Waals surface area contributed by atoms with Crippen molar-refractivity contribution in [3.05, 3.63) is 106 Å². The summed E-state index contributed by atoms with van der Waals surface area (Å²) >= 11 is 12.0. The third kappa shape index (κ3) is 5.59. The lowest BCUT2D eigenvalue weighted by Gasteiger charge is -2.08. The summed E-state index contributed by atoms with van der Waals surface area (Å²) in [6.07, 6.45) is 2.93. The Kier molecular flexibility index (Phi) is 6.69. The standard InChI is InChI=1S/C22H16Cl2FNO2/c23-17-4-1-16(21(24)13-17)14-28-20-9-2-15(3-10-20)22(27)11-12-26-19-7-5-18(25)6-8-19/h1-13,26H,14H2/b12-11+. The number of rotatable bonds is 7. The topological polar surface area (TPSA) is 38.3 Å². The van der Waals surface area contributed by atoms with Crippen LogP contribution in [-0.4, -0.2) is 5.78 Å². The van der Waals surface area contributed by atoms with E-state index in [2.05, 4.69) is 5.32 Å². The van der Waals surface area contributed by atoms with Crippen molar-refractivity contribution in [2.45, 2.75) is 6.61 Å². The SMILES string of the molecule is O=C(/C=C/Nc1ccc(F)cc1)c1ccc(OCc2ccc(Cl)cc2Cl)cc1. The monoisotopic (exact) mass is 415 g/mol. The minimum Gasteiger partial charge on any atom is -0.489 e. The summed E-state index contributed by atoms with van der Waals surface area (Å²) < 4.78 is 18.6. The number of ketones is 1. The molecule has 3 aromatic rings. The van der Waals surface area contributed by atoms with Gasteiger partial charge in [0.1, 0.15) is 18.2 Å². The van der Waals surface area contributed by atoms with E-state index in [1.54, 1.807) is 48.5 Å². The van der Waals surface area contributed by atoms with Crippen molar-refractivity contribution in [1.82, 2.24) is 0 Å². The number of carbonyl (C=O) groups excluding carboxylic acids is 1. The number of carbonyl (C=O) groups is 1. The molecule has 1 N–H and O–H groups in total. The fraction of sp³-hybridized carbons (Fsp3) is 0.0455. The van der Waals surface area contributed by atoms with Gasteiger partial charge in [-0.3, -0.25) is 4.79 Å². The normalized spacial score (nSPS) is 10.8. The maximum Gasteiger partial charge on any atom is 0.187 e. The average Bonchev–Trinajstić information content (AvgIpc) is 2.69. The van der Waals surface area contributed by atoms with Crippen LogP contribution in [0.15, 0.2) is 79.0 Å². The molecule has 0 aromatic heterocycles. The van der Waals surface area contributed by atoms with E-state index in [0.29, 0.717) is 33.7 Å². The smallest absolute Gasteiger partial charge is 0.187 e. The highest BCUT2D eigenvalue weighted by atomic mass is 35.5. The van der Waals surface area contributed by atoms with Gasteiger partial charge in [0.2, 0.25) is 0 Å². The second-order valence-corrected chi connectivity index (χ2v) is 6.74. The maximum absolute atomic E-state index is 12.9. The quantitative estimate of drug-likeness (QED) is 0.352. The Morgan fingerprint density at radius 3 is 2.39 bits per heavy atom. The van der Waals surface area contributed by atoms with Crippen LogP contribution >= 0.6 is 23.2 Å². The minimum atomic E-state index is -0.314. The number of nitrogens with one attached hydrogen (secondary N) is 1. The highest BCUT2D eigenvalue weighted by Gasteiger charge is 2.05. The molecule has 3 nitrogen and oxygen atoms in total. The first-order valence-corrected chi connectivity index (χ1v) is 9.16. The van der Waals surface area contributed by atoms with Crippen molar-refractivity contribution in [1.29, 1.82) is 0 Å². The van der Waals surface area contributed by atoms with E-state index >= 15 is 0 Å². The van der Waals surface area contributed by atoms with Crippen molar-refractivity contribution in [3.8, 4) is 5.75 Å². The van der Waals surface area contributed by atoms with Crippen LogP contribution in [0.3, 0.4) is 0 Å². The number of halogens is 3. The molecule has 0 radical (unpaired) electrons. The van der Waals surface area contributed by atoms with Gasteiger partial charge in [0.15, 0.2) is 5.78 Å². The molecule has 0 aliphatic heterocycles. The molecular weight excluding hydrogens is 400 g/mol. The highest BCUT2D eigenvalue weighted by Crippen LogP contribution is 2.23. The Hall–Kier alpha value is -2.82. The first kappa shape index (κ1) is 19.9. The molecule has 0 bridgehead atoms. The van der Waals surface area contributed by atoms with E-state index < -0.39 is 0 Å². The van der Waals surface area contributed by atoms with Gasteiger partial charge >= 0.3 is 0 Å². The van der Waals surface area contributed by atoms with E-state index in [4.69, 9.17) is 27.9 Å². The molecule has 0 saturated carbocycles. The summed E-state index contributed by atoms with van der Waals surface area (Å²) in [5, 5.41) is 4.02. The number of ether oxygens (including phenoxy) is 1. The summed E-state index contributed by atoms with van der Waals surface area (Å²) in [6.45, 7) is 0.296. The second-order valence-electron chi connectivity index (χ2n) is 5.90. The summed E-state index contributed by atoms with van der Waals surface area (Å²) in [5.74, 6) is 0.143. The zero-order chi connectivity index (χ0) is 19.9. The van der Waals surface area contributed by atoms with Gasteiger partial charge in [-0.05, 0) is 60.7 Å². The maximum atomic E-state index is 12.9. The number of benzene rings is 3. The summed E-state index contributed by atoms with van der Waals surface area (Å²) in [4.78, 5) is 12.2. The molecule has 0 unspecified atom stereocenters. The van der Waals surface area contributed by atoms with E-state index in [9.17, 15) is 9.18 Å². The van der Waals surface area contributed by atoms with Crippen LogP contribution in [0.5, 0.6) is 5.75 Å². The number of allylic oxidation sites excluding steroid dienone is 1. The van der Waals surface area contributed by atoms with Gasteiger partial charge in [0.05, 0.1) is 0 Å². The molecule has 0 aliphatic rings. The van der Waals surface area contributed by atoms with Gasteiger partial charge in [-0.15, -0.1) is 0 Å². The predicted molar refractivity (Wildman–Crippen MR) is 111 cm³/mol. The van der Waals surface area contributed by atoms with Crippen LogP contribution in [0, 0.1) is 5.82 Å². The highest BCUT2D eigenvalue weighted by molar-refractivity contribution is 6.35. The van der Waals surface area contributed by atoms with Crippen molar-refractivity contribution in [2.75, 3.05) is 5.32 Å². The molecule has 3 rings (SSSR count). The molecule has 0 atom stereocenters. The largest absolute Gasteiger partial charge is 0.489 e. The first-order valence-electron chi connectivity index (χ1n) is 8.41. The van der Waals surface area contributed by atoms with Gasteiger partial charge < -0.3 is 10.1 Å². The average molecular weight is 416 g/mol. The lowest BCUT2D eigenvalue weighted by atomic mass is 10.1. The molecule has 0 heterocycles. The Morgan fingerprint density at radius 1 is 1.00 bits per heavy atom. The second kappa shape index (κ2) is 9.40. The molecular formula is C22H16Cl2FNO2. The zero-order valence-electron chi connectivity index (χ0n) is 14.7. The lowest BCUT2D eigenvalue weighted by Crippen LogP contribution is -1.99. The molecule has 0 saturated heterocycles. The van der Waals surface area contributed by atoms with Crippen molar-refractivity contribution in [3.63, 3.8) is 0 Å². The van der Waals surface area contributed by atoms with Crippen LogP contribution in [0.2, 0.25) is 10.0 Å². The lowest BCUT2D eigenvalue weighted by molar-refractivity contribution is 0.104. The Morgan fingerprint density at radius 2 is 1.71 bits per heavy atom. The van der Waals surface area contributed by atoms with Gasteiger partial charge in [0.25, 0.3) is 0 Å². The summed E-state index contributed by atoms with van der Waals surface area (Å²) in [7, 11) is 0. The number of hydrogen-bond acceptors (Lipinski definition) is 3. The van der Waals surface area contributed by atoms with Gasteiger partial charge in [-0.2, -0.15) is 0 Å². The fourth-order valence-electron chi connectivity index (χ4n) is 2.37. The van der Waals surface area contributed by atoms with E-state index in [1.807, 2.05) is 6.07 Å². The number of hydrogen-bond donors (Lipinski definition) is 1. The zero-order valence-corrected chi connectivity index (χ0v) is 16.2. The van der Waals surface area contributed by atoms with Gasteiger partial charge in [0, 0.05) is 39.1 Å². The van der Waals surface area contributed by atoms with Crippen LogP contribution in [0.4, 0.5) is 10.1 Å². The Bertz CT molecular complexity index is 986. The van der Waals surface area contributed by atoms with Crippen LogP contribution < -0.4 is 10.1 Å². The van der Waals surface area contributed by atoms with Crippen LogP contribution in [0.25, 0.3) is 0 Å². The summed E-state index contributed by atoms with van der Waals surface area (Å²) in [5.41, 5.74) is 2.03. The molecule has 142 valence electrons. The summed E-state index contributed by atoms with van der Waals surface area (Å²) in [6, 6.07) is 17.9. The van der Waals surface area contributed by atoms with Crippen LogP contribution in [0.1, 0.15) is 15.9 Å². The Balaban J connectivity index is 1.54. The van der Waals surface area contributed by atoms with Gasteiger partial charge in [-0.25, -0.2) is 4.39 Å². The van der Waals surface area contributed by atoms with Crippen molar-refractivity contribution >= 4 is 34.7 Å². The minimum absolute atomic E-state index is 0.165. The molecule has 6 heteroatoms. The number of anilines is 1. The molecule has 0 fully saturated rings. The molecule has 0 aliphatic carbocycles. The molecule has 0 amide bonds. The van der Waals surface area contributed by atoms with E-state index in [0.717, 1.165) is 5.56 Å². The van der Waals surface area contributed by atoms with Crippen molar-refractivity contribution in [2.24, 2.45) is 0 Å². The fourth-order valence-corrected chi connectivity index (χ4v) is 2.83.